The van der Waals surface area contributed by atoms with E-state index in [0.29, 0.717) is 11.8 Å². The monoisotopic (exact) mass is 307 g/mol. The Labute approximate surface area is 132 Å². The van der Waals surface area contributed by atoms with Gasteiger partial charge in [0.05, 0.1) is 6.10 Å². The molecule has 0 aromatic rings. The van der Waals surface area contributed by atoms with E-state index in [0.717, 1.165) is 25.4 Å². The molecule has 0 spiro atoms. The third-order valence-electron chi connectivity index (χ3n) is 6.12. The van der Waals surface area contributed by atoms with Crippen molar-refractivity contribution in [2.24, 2.45) is 11.8 Å². The first-order valence-corrected chi connectivity index (χ1v) is 11.1. The van der Waals surface area contributed by atoms with Crippen LogP contribution in [0.3, 0.4) is 0 Å². The molecule has 3 heteroatoms. The van der Waals surface area contributed by atoms with Crippen LogP contribution < -0.4 is 0 Å². The number of rotatable bonds is 6. The summed E-state index contributed by atoms with van der Waals surface area (Å²) < 4.78 is 6.40. The Bertz CT molecular complexity index is 351. The van der Waals surface area contributed by atoms with Crippen LogP contribution in [0.5, 0.6) is 0 Å². The molecule has 0 aromatic carbocycles. The van der Waals surface area contributed by atoms with Crippen LogP contribution in [0.4, 0.5) is 0 Å². The van der Waals surface area contributed by atoms with Crippen LogP contribution >= 0.6 is 0 Å². The molecular weight excluding hydrogens is 276 g/mol. The van der Waals surface area contributed by atoms with Gasteiger partial charge in [-0.05, 0) is 68.0 Å². The number of hydrogen-bond acceptors (Lipinski definition) is 2. The molecule has 0 aromatic heterocycles. The van der Waals surface area contributed by atoms with Crippen LogP contribution in [0.25, 0.3) is 0 Å². The summed E-state index contributed by atoms with van der Waals surface area (Å²) in [7, 11) is -1.72. The lowest BCUT2D eigenvalue weighted by Gasteiger charge is -2.42. The predicted octanol–water partition coefficient (Wildman–Crippen LogP) is 4.19. The van der Waals surface area contributed by atoms with Crippen molar-refractivity contribution < 1.29 is 9.53 Å². The van der Waals surface area contributed by atoms with Gasteiger partial charge < -0.3 is 9.53 Å². The topological polar surface area (TPSA) is 29.5 Å². The second-order valence-corrected chi connectivity index (χ2v) is 12.5. The number of aliphatic hydroxyl groups excluding tert-OH is 1. The van der Waals surface area contributed by atoms with E-state index < -0.39 is 8.32 Å². The molecule has 0 heterocycles. The Morgan fingerprint density at radius 2 is 1.90 bits per heavy atom. The summed E-state index contributed by atoms with van der Waals surface area (Å²) >= 11 is 0. The lowest BCUT2D eigenvalue weighted by atomic mass is 9.90. The molecule has 2 aliphatic rings. The van der Waals surface area contributed by atoms with Crippen molar-refractivity contribution in [3.8, 4) is 0 Å². The molecule has 2 fully saturated rings. The summed E-state index contributed by atoms with van der Waals surface area (Å²) in [6, 6.07) is 0. The Morgan fingerprint density at radius 1 is 1.29 bits per heavy atom. The first-order chi connectivity index (χ1) is 9.67. The zero-order chi connectivity index (χ0) is 15.8. The second kappa shape index (κ2) is 6.33. The van der Waals surface area contributed by atoms with Crippen molar-refractivity contribution in [1.82, 2.24) is 0 Å². The van der Waals surface area contributed by atoms with E-state index >= 15 is 0 Å². The molecule has 21 heavy (non-hydrogen) atoms. The van der Waals surface area contributed by atoms with E-state index in [1.165, 1.54) is 5.92 Å². The maximum atomic E-state index is 10.1. The fraction of sp³-hybridized carbons (Fsp3) is 0.722. The fourth-order valence-electron chi connectivity index (χ4n) is 3.26. The second-order valence-electron chi connectivity index (χ2n) is 7.91. The van der Waals surface area contributed by atoms with E-state index in [4.69, 9.17) is 4.43 Å². The van der Waals surface area contributed by atoms with Gasteiger partial charge in [0.25, 0.3) is 0 Å². The van der Waals surface area contributed by atoms with Crippen LogP contribution in [-0.4, -0.2) is 26.1 Å². The van der Waals surface area contributed by atoms with Gasteiger partial charge in [-0.25, -0.2) is 0 Å². The van der Waals surface area contributed by atoms with Gasteiger partial charge in [-0.1, -0.05) is 27.7 Å². The molecule has 0 bridgehead atoms. The Hall–Kier alpha value is 0.137. The smallest absolute Gasteiger partial charge is 0.192 e. The summed E-state index contributed by atoms with van der Waals surface area (Å²) in [5.74, 6) is 3.58. The largest absolute Gasteiger partial charge is 0.417 e. The molecule has 2 rings (SSSR count). The first kappa shape index (κ1) is 17.5. The molecule has 2 saturated carbocycles. The SMILES string of the molecule is CC(C)C(C)(C)[Si](C)(C)OCC[C@@H]1C[C@H](O)[C]2[CH][CH][CH][C]21. The molecule has 0 aliphatic heterocycles. The van der Waals surface area contributed by atoms with E-state index in [9.17, 15) is 5.11 Å². The summed E-state index contributed by atoms with van der Waals surface area (Å²) in [6.45, 7) is 14.8. The number of aliphatic hydroxyl groups is 1. The molecule has 2 atom stereocenters. The van der Waals surface area contributed by atoms with Crippen LogP contribution in [0, 0.1) is 42.9 Å². The molecule has 1 N–H and O–H groups in total. The average Bonchev–Trinajstić information content (AvgIpc) is 2.94. The number of fused-ring (bicyclic) bond motifs is 1. The van der Waals surface area contributed by atoms with Gasteiger partial charge in [-0.3, -0.25) is 0 Å². The van der Waals surface area contributed by atoms with Gasteiger partial charge in [0.15, 0.2) is 8.32 Å². The molecule has 0 saturated heterocycles. The van der Waals surface area contributed by atoms with Gasteiger partial charge in [-0.15, -0.1) is 0 Å². The van der Waals surface area contributed by atoms with Crippen LogP contribution in [0.1, 0.15) is 40.5 Å². The molecule has 2 aliphatic carbocycles. The summed E-state index contributed by atoms with van der Waals surface area (Å²) in [5.41, 5.74) is 0. The quantitative estimate of drug-likeness (QED) is 0.746. The van der Waals surface area contributed by atoms with E-state index in [2.05, 4.69) is 60.1 Å². The maximum absolute atomic E-state index is 10.1. The predicted molar refractivity (Wildman–Crippen MR) is 90.4 cm³/mol. The summed E-state index contributed by atoms with van der Waals surface area (Å²) in [6.07, 6.45) is 7.90. The highest BCUT2D eigenvalue weighted by molar-refractivity contribution is 6.74. The third kappa shape index (κ3) is 3.40. The molecule has 119 valence electrons. The van der Waals surface area contributed by atoms with Gasteiger partial charge in [0.2, 0.25) is 0 Å². The van der Waals surface area contributed by atoms with E-state index in [-0.39, 0.29) is 11.1 Å². The highest BCUT2D eigenvalue weighted by Crippen LogP contribution is 2.51. The fourth-order valence-corrected chi connectivity index (χ4v) is 5.65. The van der Waals surface area contributed by atoms with Crippen molar-refractivity contribution in [3.05, 3.63) is 31.1 Å². The highest BCUT2D eigenvalue weighted by atomic mass is 28.4. The Balaban J connectivity index is 1.84. The van der Waals surface area contributed by atoms with Crippen molar-refractivity contribution in [2.75, 3.05) is 6.61 Å². The van der Waals surface area contributed by atoms with Crippen LogP contribution in [0.2, 0.25) is 18.1 Å². The molecule has 5 radical (unpaired) electrons. The van der Waals surface area contributed by atoms with Crippen molar-refractivity contribution in [1.29, 1.82) is 0 Å². The summed E-state index contributed by atoms with van der Waals surface area (Å²) in [4.78, 5) is 0. The minimum Gasteiger partial charge on any atom is -0.417 e. The molecule has 2 nitrogen and oxygen atoms in total. The maximum Gasteiger partial charge on any atom is 0.192 e. The van der Waals surface area contributed by atoms with Gasteiger partial charge >= 0.3 is 0 Å². The summed E-state index contributed by atoms with van der Waals surface area (Å²) in [5, 5.41) is 10.3. The van der Waals surface area contributed by atoms with Gasteiger partial charge in [0, 0.05) is 12.5 Å². The molecule has 0 unspecified atom stereocenters. The van der Waals surface area contributed by atoms with Gasteiger partial charge in [0.1, 0.15) is 0 Å². The third-order valence-corrected chi connectivity index (χ3v) is 10.7. The zero-order valence-electron chi connectivity index (χ0n) is 14.4. The van der Waals surface area contributed by atoms with E-state index in [1.807, 2.05) is 0 Å². The molecule has 0 amide bonds. The standard InChI is InChI=1S/C18H31O2Si/c1-13(2)18(3,4)21(5,6)20-11-10-14-12-17(19)16-9-7-8-15(14)16/h7-9,13-14,17,19H,10-12H2,1-6H3/t14-,17+/m1/s1. The van der Waals surface area contributed by atoms with Crippen LogP contribution in [0.15, 0.2) is 0 Å². The minimum absolute atomic E-state index is 0.266. The number of hydrogen-bond donors (Lipinski definition) is 1. The lowest BCUT2D eigenvalue weighted by molar-refractivity contribution is 0.185. The highest BCUT2D eigenvalue weighted by Gasteiger charge is 2.47. The lowest BCUT2D eigenvalue weighted by Crippen LogP contribution is -2.45. The first-order valence-electron chi connectivity index (χ1n) is 8.24. The zero-order valence-corrected chi connectivity index (χ0v) is 15.4. The average molecular weight is 308 g/mol. The molecular formula is C18H31O2Si. The Kier molecular flexibility index (Phi) is 5.27. The normalized spacial score (nSPS) is 28.6. The van der Waals surface area contributed by atoms with Crippen molar-refractivity contribution in [3.63, 3.8) is 0 Å². The van der Waals surface area contributed by atoms with Gasteiger partial charge in [-0.2, -0.15) is 0 Å². The van der Waals surface area contributed by atoms with Crippen LogP contribution in [-0.2, 0) is 4.43 Å². The minimum atomic E-state index is -1.72. The van der Waals surface area contributed by atoms with Crippen molar-refractivity contribution in [2.45, 2.75) is 64.8 Å². The van der Waals surface area contributed by atoms with E-state index in [1.54, 1.807) is 0 Å². The Morgan fingerprint density at radius 3 is 2.52 bits per heavy atom. The van der Waals surface area contributed by atoms with Crippen molar-refractivity contribution >= 4 is 8.32 Å².